The van der Waals surface area contributed by atoms with Gasteiger partial charge in [-0.3, -0.25) is 9.69 Å². The number of carbonyl (C=O) groups excluding carboxylic acids is 1. The highest BCUT2D eigenvalue weighted by molar-refractivity contribution is 5.92. The minimum Gasteiger partial charge on any atom is -0.507 e. The molecule has 2 aromatic carbocycles. The zero-order chi connectivity index (χ0) is 25.9. The first kappa shape index (κ1) is 26.3. The fourth-order valence-corrected chi connectivity index (χ4v) is 5.67. The molecule has 5 heteroatoms. The number of para-hydroxylation sites is 1. The fourth-order valence-electron chi connectivity index (χ4n) is 5.67. The summed E-state index contributed by atoms with van der Waals surface area (Å²) in [5, 5.41) is 14.2. The molecule has 0 bridgehead atoms. The number of unbranched alkanes of at least 4 members (excludes halogenated alkanes) is 2. The Morgan fingerprint density at radius 3 is 2.64 bits per heavy atom. The lowest BCUT2D eigenvalue weighted by Gasteiger charge is -2.42. The van der Waals surface area contributed by atoms with Gasteiger partial charge in [-0.25, -0.2) is 0 Å². The summed E-state index contributed by atoms with van der Waals surface area (Å²) in [4.78, 5) is 14.9. The average molecular weight is 491 g/mol. The number of phenolic OH excluding ortho intramolecular Hbond substituents is 1. The van der Waals surface area contributed by atoms with Crippen LogP contribution in [0.2, 0.25) is 0 Å². The molecule has 0 fully saturated rings. The van der Waals surface area contributed by atoms with Crippen LogP contribution in [0.3, 0.4) is 0 Å². The summed E-state index contributed by atoms with van der Waals surface area (Å²) in [6.07, 6.45) is 5.74. The van der Waals surface area contributed by atoms with Crippen molar-refractivity contribution < 1.29 is 14.6 Å². The Kier molecular flexibility index (Phi) is 8.09. The van der Waals surface area contributed by atoms with E-state index in [4.69, 9.17) is 4.74 Å². The lowest BCUT2D eigenvalue weighted by Crippen LogP contribution is -2.44. The summed E-state index contributed by atoms with van der Waals surface area (Å²) in [5.74, 6) is 1.89. The third kappa shape index (κ3) is 5.78. The summed E-state index contributed by atoms with van der Waals surface area (Å²) in [5.41, 5.74) is 4.62. The number of benzene rings is 2. The minimum absolute atomic E-state index is 0.0257. The maximum absolute atomic E-state index is 12.7. The number of nitrogens with zero attached hydrogens (tertiary/aromatic N) is 1. The molecular formula is C31H42N2O3. The van der Waals surface area contributed by atoms with Gasteiger partial charge in [0.1, 0.15) is 17.1 Å². The average Bonchev–Trinajstić information content (AvgIpc) is 2.83. The van der Waals surface area contributed by atoms with Gasteiger partial charge in [0.2, 0.25) is 5.91 Å². The van der Waals surface area contributed by atoms with Crippen molar-refractivity contribution in [2.75, 3.05) is 25.0 Å². The van der Waals surface area contributed by atoms with Gasteiger partial charge in [-0.15, -0.1) is 0 Å². The Labute approximate surface area is 216 Å². The Morgan fingerprint density at radius 1 is 1.17 bits per heavy atom. The summed E-state index contributed by atoms with van der Waals surface area (Å²) in [7, 11) is 0. The molecule has 4 rings (SSSR count). The highest BCUT2D eigenvalue weighted by atomic mass is 16.5. The van der Waals surface area contributed by atoms with Crippen molar-refractivity contribution in [3.8, 4) is 11.5 Å². The Hall–Kier alpha value is -2.79. The molecule has 2 aromatic rings. The lowest BCUT2D eigenvalue weighted by atomic mass is 9.79. The Bertz CT molecular complexity index is 1110. The van der Waals surface area contributed by atoms with E-state index < -0.39 is 5.60 Å². The molecule has 0 radical (unpaired) electrons. The lowest BCUT2D eigenvalue weighted by molar-refractivity contribution is -0.117. The van der Waals surface area contributed by atoms with Crippen molar-refractivity contribution in [3.63, 3.8) is 0 Å². The standard InChI is InChI=1S/C31H42N2O3/c1-6-7-9-12-21(2)22(3)23-17-27(34)30-25-19-33(20-29(35)32-24-13-10-8-11-14-24)16-15-26(25)31(4,5)36-28(30)18-23/h8,10-11,13-14,17-18,21-22,34H,6-7,9,12,15-16,19-20H2,1-5H3,(H,32,35). The van der Waals surface area contributed by atoms with E-state index in [1.165, 1.54) is 31.3 Å². The van der Waals surface area contributed by atoms with Crippen molar-refractivity contribution in [2.24, 2.45) is 5.92 Å². The molecule has 36 heavy (non-hydrogen) atoms. The van der Waals surface area contributed by atoms with E-state index in [2.05, 4.69) is 50.9 Å². The normalized spacial score (nSPS) is 18.6. The van der Waals surface area contributed by atoms with E-state index in [9.17, 15) is 9.90 Å². The number of ether oxygens (including phenoxy) is 1. The molecule has 2 atom stereocenters. The van der Waals surface area contributed by atoms with E-state index in [0.717, 1.165) is 41.1 Å². The van der Waals surface area contributed by atoms with Crippen molar-refractivity contribution in [1.29, 1.82) is 0 Å². The third-order valence-electron chi connectivity index (χ3n) is 7.99. The van der Waals surface area contributed by atoms with Gasteiger partial charge in [0, 0.05) is 18.8 Å². The van der Waals surface area contributed by atoms with Gasteiger partial charge in [-0.1, -0.05) is 64.7 Å². The zero-order valence-corrected chi connectivity index (χ0v) is 22.6. The second-order valence-corrected chi connectivity index (χ2v) is 11.1. The van der Waals surface area contributed by atoms with Crippen LogP contribution in [0.4, 0.5) is 5.69 Å². The molecule has 0 saturated carbocycles. The van der Waals surface area contributed by atoms with Crippen LogP contribution in [0.15, 0.2) is 48.0 Å². The molecule has 2 N–H and O–H groups in total. The summed E-state index contributed by atoms with van der Waals surface area (Å²) in [6.45, 7) is 12.7. The maximum atomic E-state index is 12.7. The topological polar surface area (TPSA) is 61.8 Å². The highest BCUT2D eigenvalue weighted by Crippen LogP contribution is 2.49. The van der Waals surface area contributed by atoms with Crippen LogP contribution in [-0.4, -0.2) is 41.1 Å². The molecule has 194 valence electrons. The molecule has 0 aliphatic carbocycles. The summed E-state index contributed by atoms with van der Waals surface area (Å²) >= 11 is 0. The molecule has 0 aromatic heterocycles. The number of carbonyl (C=O) groups is 1. The molecule has 2 heterocycles. The van der Waals surface area contributed by atoms with Crippen LogP contribution >= 0.6 is 0 Å². The van der Waals surface area contributed by atoms with Gasteiger partial charge in [0.15, 0.2) is 0 Å². The quantitative estimate of drug-likeness (QED) is 0.372. The predicted molar refractivity (Wildman–Crippen MR) is 148 cm³/mol. The first-order valence-corrected chi connectivity index (χ1v) is 13.6. The van der Waals surface area contributed by atoms with Crippen LogP contribution in [0.25, 0.3) is 5.57 Å². The molecule has 0 spiro atoms. The number of aromatic hydroxyl groups is 1. The van der Waals surface area contributed by atoms with Gasteiger partial charge in [0.25, 0.3) is 0 Å². The van der Waals surface area contributed by atoms with Crippen molar-refractivity contribution >= 4 is 17.2 Å². The number of hydrogen-bond donors (Lipinski definition) is 2. The van der Waals surface area contributed by atoms with Gasteiger partial charge in [-0.05, 0) is 73.1 Å². The van der Waals surface area contributed by atoms with Crippen molar-refractivity contribution in [2.45, 2.75) is 78.2 Å². The Balaban J connectivity index is 1.54. The molecule has 5 nitrogen and oxygen atoms in total. The maximum Gasteiger partial charge on any atom is 0.238 e. The smallest absolute Gasteiger partial charge is 0.238 e. The molecule has 1 amide bonds. The van der Waals surface area contributed by atoms with Gasteiger partial charge in [0.05, 0.1) is 12.1 Å². The number of fused-ring (bicyclic) bond motifs is 2. The molecule has 2 unspecified atom stereocenters. The third-order valence-corrected chi connectivity index (χ3v) is 7.99. The van der Waals surface area contributed by atoms with Crippen LogP contribution in [0.5, 0.6) is 11.5 Å². The van der Waals surface area contributed by atoms with E-state index >= 15 is 0 Å². The highest BCUT2D eigenvalue weighted by Gasteiger charge is 2.39. The van der Waals surface area contributed by atoms with Gasteiger partial charge < -0.3 is 15.2 Å². The number of nitrogens with one attached hydrogen (secondary N) is 1. The molecule has 0 saturated heterocycles. The number of amides is 1. The largest absolute Gasteiger partial charge is 0.507 e. The number of anilines is 1. The van der Waals surface area contributed by atoms with E-state index in [0.29, 0.717) is 24.9 Å². The summed E-state index contributed by atoms with van der Waals surface area (Å²) < 4.78 is 6.52. The summed E-state index contributed by atoms with van der Waals surface area (Å²) in [6, 6.07) is 13.6. The molecule has 2 aliphatic rings. The van der Waals surface area contributed by atoms with Crippen LogP contribution in [0, 0.1) is 5.92 Å². The van der Waals surface area contributed by atoms with Crippen LogP contribution < -0.4 is 10.1 Å². The van der Waals surface area contributed by atoms with Gasteiger partial charge in [-0.2, -0.15) is 0 Å². The first-order chi connectivity index (χ1) is 17.2. The number of rotatable bonds is 9. The second kappa shape index (κ2) is 11.1. The molecular weight excluding hydrogens is 448 g/mol. The zero-order valence-electron chi connectivity index (χ0n) is 22.6. The van der Waals surface area contributed by atoms with E-state index in [1.807, 2.05) is 36.4 Å². The predicted octanol–water partition coefficient (Wildman–Crippen LogP) is 6.98. The van der Waals surface area contributed by atoms with Crippen molar-refractivity contribution in [1.82, 2.24) is 4.90 Å². The van der Waals surface area contributed by atoms with Crippen molar-refractivity contribution in [3.05, 3.63) is 59.2 Å². The van der Waals surface area contributed by atoms with Crippen LogP contribution in [-0.2, 0) is 4.79 Å². The fraction of sp³-hybridized carbons (Fsp3) is 0.516. The Morgan fingerprint density at radius 2 is 1.92 bits per heavy atom. The van der Waals surface area contributed by atoms with Crippen LogP contribution in [0.1, 0.15) is 83.8 Å². The first-order valence-electron chi connectivity index (χ1n) is 13.6. The number of hydrogen-bond acceptors (Lipinski definition) is 4. The van der Waals surface area contributed by atoms with Gasteiger partial charge >= 0.3 is 0 Å². The second-order valence-electron chi connectivity index (χ2n) is 11.1. The SMILES string of the molecule is CCCCCC(C)C(C)c1cc(O)c2c(c1)OC(C)(C)C1=C2CN(CC(=O)Nc2ccccc2)CC1. The van der Waals surface area contributed by atoms with E-state index in [-0.39, 0.29) is 11.7 Å². The molecule has 2 aliphatic heterocycles. The monoisotopic (exact) mass is 490 g/mol. The number of phenols is 1. The minimum atomic E-state index is -0.443. The van der Waals surface area contributed by atoms with E-state index in [1.54, 1.807) is 0 Å².